The number of amides is 1. The van der Waals surface area contributed by atoms with E-state index in [0.29, 0.717) is 0 Å². The quantitative estimate of drug-likeness (QED) is 0.741. The smallest absolute Gasteiger partial charge is 0.238 e. The normalized spacial score (nSPS) is 18.4. The topological polar surface area (TPSA) is 52.8 Å². The van der Waals surface area contributed by atoms with Gasteiger partial charge in [-0.15, -0.1) is 0 Å². The molecule has 2 aromatic rings. The third-order valence-corrected chi connectivity index (χ3v) is 7.37. The van der Waals surface area contributed by atoms with E-state index in [4.69, 9.17) is 17.3 Å². The molecule has 0 unspecified atom stereocenters. The van der Waals surface area contributed by atoms with Crippen LogP contribution in [0.3, 0.4) is 0 Å². The Labute approximate surface area is 190 Å². The number of para-hydroxylation sites is 1. The van der Waals surface area contributed by atoms with Gasteiger partial charge in [0.15, 0.2) is 0 Å². The van der Waals surface area contributed by atoms with Crippen LogP contribution in [0, 0.1) is 0 Å². The number of nitrogens with two attached hydrogens (primary N) is 1. The second kappa shape index (κ2) is 9.19. The summed E-state index contributed by atoms with van der Waals surface area (Å²) < 4.78 is 0. The van der Waals surface area contributed by atoms with Gasteiger partial charge in [0.25, 0.3) is 0 Å². The molecular formula is C25H33ClN4O. The largest absolute Gasteiger partial charge is 0.368 e. The lowest BCUT2D eigenvalue weighted by Crippen LogP contribution is -2.60. The fourth-order valence-corrected chi connectivity index (χ4v) is 5.30. The van der Waals surface area contributed by atoms with Crippen molar-refractivity contribution in [3.8, 4) is 0 Å². The summed E-state index contributed by atoms with van der Waals surface area (Å²) in [6.07, 6.45) is 4.71. The first-order valence-electron chi connectivity index (χ1n) is 11.2. The number of primary amides is 1. The number of likely N-dealkylation sites (N-methyl/N-ethyl adjacent to an activating group) is 1. The Kier molecular flexibility index (Phi) is 6.56. The predicted octanol–water partition coefficient (Wildman–Crippen LogP) is 3.85. The van der Waals surface area contributed by atoms with E-state index in [9.17, 15) is 4.79 Å². The molecule has 31 heavy (non-hydrogen) atoms. The van der Waals surface area contributed by atoms with E-state index in [-0.39, 0.29) is 5.91 Å². The van der Waals surface area contributed by atoms with Gasteiger partial charge >= 0.3 is 0 Å². The van der Waals surface area contributed by atoms with Crippen molar-refractivity contribution in [2.45, 2.75) is 37.6 Å². The minimum Gasteiger partial charge on any atom is -0.368 e. The molecule has 0 aliphatic carbocycles. The number of rotatable bonds is 6. The second-order valence-electron chi connectivity index (χ2n) is 9.04. The molecule has 0 radical (unpaired) electrons. The van der Waals surface area contributed by atoms with E-state index in [1.54, 1.807) is 0 Å². The highest BCUT2D eigenvalue weighted by atomic mass is 35.5. The molecule has 0 aromatic heterocycles. The summed E-state index contributed by atoms with van der Waals surface area (Å²) in [5.41, 5.74) is 10.5. The molecule has 6 heteroatoms. The van der Waals surface area contributed by atoms with Crippen molar-refractivity contribution >= 4 is 28.9 Å². The molecule has 2 aliphatic rings. The van der Waals surface area contributed by atoms with E-state index in [2.05, 4.69) is 46.2 Å². The summed E-state index contributed by atoms with van der Waals surface area (Å²) in [5, 5.41) is 0.783. The van der Waals surface area contributed by atoms with Crippen molar-refractivity contribution in [2.75, 3.05) is 45.2 Å². The molecule has 166 valence electrons. The Morgan fingerprint density at radius 1 is 1.03 bits per heavy atom. The number of anilines is 2. The zero-order valence-electron chi connectivity index (χ0n) is 18.6. The van der Waals surface area contributed by atoms with Gasteiger partial charge in [-0.3, -0.25) is 9.69 Å². The fraction of sp³-hybridized carbons (Fsp3) is 0.480. The lowest BCUT2D eigenvalue weighted by atomic mass is 9.85. The van der Waals surface area contributed by atoms with Gasteiger partial charge in [0.1, 0.15) is 5.54 Å². The molecule has 2 aromatic carbocycles. The molecule has 1 amide bonds. The van der Waals surface area contributed by atoms with Crippen molar-refractivity contribution in [3.63, 3.8) is 0 Å². The number of carbonyl (C=O) groups excluding carboxylic acids is 1. The number of halogens is 1. The SMILES string of the molecule is CN(C)C1(C(N)=O)CCN(CCCN2c3ccccc3CCc3ccc(Cl)cc32)CC1. The Hall–Kier alpha value is -2.08. The predicted molar refractivity (Wildman–Crippen MR) is 128 cm³/mol. The number of carbonyl (C=O) groups is 1. The molecule has 0 atom stereocenters. The maximum absolute atomic E-state index is 12.1. The molecule has 1 saturated heterocycles. The maximum Gasteiger partial charge on any atom is 0.238 e. The Morgan fingerprint density at radius 3 is 2.39 bits per heavy atom. The van der Waals surface area contributed by atoms with Crippen molar-refractivity contribution in [1.82, 2.24) is 9.80 Å². The Bertz CT molecular complexity index is 937. The number of piperidine rings is 1. The minimum atomic E-state index is -0.504. The molecule has 2 aliphatic heterocycles. The molecule has 0 bridgehead atoms. The van der Waals surface area contributed by atoms with Crippen LogP contribution in [0.4, 0.5) is 11.4 Å². The summed E-state index contributed by atoms with van der Waals surface area (Å²) in [5.74, 6) is -0.202. The van der Waals surface area contributed by atoms with E-state index in [1.165, 1.54) is 22.5 Å². The first-order chi connectivity index (χ1) is 14.9. The summed E-state index contributed by atoms with van der Waals surface area (Å²) >= 11 is 6.38. The van der Waals surface area contributed by atoms with Crippen molar-refractivity contribution < 1.29 is 4.79 Å². The average molecular weight is 441 g/mol. The van der Waals surface area contributed by atoms with Crippen LogP contribution in [0.5, 0.6) is 0 Å². The Balaban J connectivity index is 1.45. The van der Waals surface area contributed by atoms with E-state index >= 15 is 0 Å². The van der Waals surface area contributed by atoms with Gasteiger partial charge in [-0.1, -0.05) is 35.9 Å². The number of likely N-dealkylation sites (tertiary alicyclic amines) is 1. The van der Waals surface area contributed by atoms with Crippen molar-refractivity contribution in [1.29, 1.82) is 0 Å². The fourth-order valence-electron chi connectivity index (χ4n) is 5.14. The van der Waals surface area contributed by atoms with Gasteiger partial charge in [-0.25, -0.2) is 0 Å². The number of hydrogen-bond donors (Lipinski definition) is 1. The highest BCUT2D eigenvalue weighted by molar-refractivity contribution is 6.30. The van der Waals surface area contributed by atoms with E-state index in [1.807, 2.05) is 25.1 Å². The second-order valence-corrected chi connectivity index (χ2v) is 9.48. The van der Waals surface area contributed by atoms with Gasteiger partial charge in [-0.05, 0) is 82.1 Å². The first kappa shape index (κ1) is 22.1. The first-order valence-corrected chi connectivity index (χ1v) is 11.6. The standard InChI is InChI=1S/C25H33ClN4O/c1-28(2)25(24(27)31)12-16-29(17-13-25)14-5-15-30-22-7-4-3-6-19(22)8-9-20-10-11-21(26)18-23(20)30/h3-4,6-7,10-11,18H,5,8-9,12-17H2,1-2H3,(H2,27,31). The van der Waals surface area contributed by atoms with E-state index < -0.39 is 5.54 Å². The monoisotopic (exact) mass is 440 g/mol. The zero-order chi connectivity index (χ0) is 22.0. The van der Waals surface area contributed by atoms with Crippen molar-refractivity contribution in [2.24, 2.45) is 5.73 Å². The summed E-state index contributed by atoms with van der Waals surface area (Å²) in [6.45, 7) is 3.76. The van der Waals surface area contributed by atoms with Crippen LogP contribution in [-0.2, 0) is 17.6 Å². The lowest BCUT2D eigenvalue weighted by molar-refractivity contribution is -0.131. The molecule has 2 N–H and O–H groups in total. The van der Waals surface area contributed by atoms with Crippen LogP contribution in [0.15, 0.2) is 42.5 Å². The Morgan fingerprint density at radius 2 is 1.71 bits per heavy atom. The number of aryl methyl sites for hydroxylation is 2. The summed E-state index contributed by atoms with van der Waals surface area (Å²) in [7, 11) is 3.92. The van der Waals surface area contributed by atoms with Gasteiger partial charge in [0.2, 0.25) is 5.91 Å². The number of hydrogen-bond acceptors (Lipinski definition) is 4. The van der Waals surface area contributed by atoms with E-state index in [0.717, 1.165) is 63.3 Å². The van der Waals surface area contributed by atoms with Crippen LogP contribution in [0.1, 0.15) is 30.4 Å². The third kappa shape index (κ3) is 4.45. The van der Waals surface area contributed by atoms with Crippen LogP contribution >= 0.6 is 11.6 Å². The van der Waals surface area contributed by atoms with Gasteiger partial charge in [0.05, 0.1) is 0 Å². The van der Waals surface area contributed by atoms with Gasteiger partial charge < -0.3 is 15.5 Å². The number of fused-ring (bicyclic) bond motifs is 2. The van der Waals surface area contributed by atoms with Gasteiger partial charge in [0, 0.05) is 36.0 Å². The molecule has 5 nitrogen and oxygen atoms in total. The lowest BCUT2D eigenvalue weighted by Gasteiger charge is -2.43. The average Bonchev–Trinajstić information content (AvgIpc) is 2.91. The van der Waals surface area contributed by atoms with Crippen LogP contribution in [0.2, 0.25) is 5.02 Å². The maximum atomic E-state index is 12.1. The van der Waals surface area contributed by atoms with Crippen LogP contribution < -0.4 is 10.6 Å². The molecule has 1 fully saturated rings. The zero-order valence-corrected chi connectivity index (χ0v) is 19.4. The highest BCUT2D eigenvalue weighted by Crippen LogP contribution is 2.37. The van der Waals surface area contributed by atoms with Gasteiger partial charge in [-0.2, -0.15) is 0 Å². The molecule has 4 rings (SSSR count). The number of benzene rings is 2. The highest BCUT2D eigenvalue weighted by Gasteiger charge is 2.41. The molecular weight excluding hydrogens is 408 g/mol. The molecule has 0 saturated carbocycles. The number of nitrogens with zero attached hydrogens (tertiary/aromatic N) is 3. The minimum absolute atomic E-state index is 0.202. The molecule has 2 heterocycles. The van der Waals surface area contributed by atoms with Crippen molar-refractivity contribution in [3.05, 3.63) is 58.6 Å². The molecule has 0 spiro atoms. The summed E-state index contributed by atoms with van der Waals surface area (Å²) in [4.78, 5) is 19.0. The summed E-state index contributed by atoms with van der Waals surface area (Å²) in [6, 6.07) is 15.0. The van der Waals surface area contributed by atoms with Crippen LogP contribution in [-0.4, -0.2) is 61.5 Å². The third-order valence-electron chi connectivity index (χ3n) is 7.14. The van der Waals surface area contributed by atoms with Crippen LogP contribution in [0.25, 0.3) is 0 Å².